The fourth-order valence-corrected chi connectivity index (χ4v) is 2.40. The number of hydrogen-bond donors (Lipinski definition) is 3. The number of aliphatic hydroxyl groups excluding tert-OH is 1. The second-order valence-corrected chi connectivity index (χ2v) is 5.03. The van der Waals surface area contributed by atoms with Crippen LogP contribution in [-0.4, -0.2) is 17.3 Å². The van der Waals surface area contributed by atoms with Gasteiger partial charge in [0, 0.05) is 11.4 Å². The zero-order chi connectivity index (χ0) is 12.3. The Kier molecular flexibility index (Phi) is 3.89. The summed E-state index contributed by atoms with van der Waals surface area (Å²) in [4.78, 5) is 0. The van der Waals surface area contributed by atoms with Crippen molar-refractivity contribution in [2.45, 2.75) is 51.2 Å². The van der Waals surface area contributed by atoms with Crippen molar-refractivity contribution in [3.63, 3.8) is 0 Å². The second-order valence-electron chi connectivity index (χ2n) is 5.03. The highest BCUT2D eigenvalue weighted by Crippen LogP contribution is 2.23. The average molecular weight is 234 g/mol. The minimum absolute atomic E-state index is 0.166. The fourth-order valence-electron chi connectivity index (χ4n) is 2.40. The highest BCUT2D eigenvalue weighted by molar-refractivity contribution is 5.58. The standard InChI is InChI=1S/C14H22N2O/c1-10-7-8-11(9-12(10)15)16-13-5-3-2-4-6-14(13)17/h7-9,13-14,16-17H,2-6,15H2,1H3. The Morgan fingerprint density at radius 3 is 2.76 bits per heavy atom. The Labute approximate surface area is 103 Å². The van der Waals surface area contributed by atoms with Crippen molar-refractivity contribution in [1.82, 2.24) is 0 Å². The Balaban J connectivity index is 2.05. The van der Waals surface area contributed by atoms with Gasteiger partial charge in [0.1, 0.15) is 0 Å². The van der Waals surface area contributed by atoms with E-state index in [1.165, 1.54) is 12.8 Å². The largest absolute Gasteiger partial charge is 0.398 e. The first-order valence-electron chi connectivity index (χ1n) is 6.47. The molecule has 1 saturated carbocycles. The Hall–Kier alpha value is -1.22. The summed E-state index contributed by atoms with van der Waals surface area (Å²) in [7, 11) is 0. The number of nitrogens with two attached hydrogens (primary N) is 1. The molecule has 1 aromatic rings. The van der Waals surface area contributed by atoms with E-state index in [0.29, 0.717) is 0 Å². The molecule has 0 aromatic heterocycles. The van der Waals surface area contributed by atoms with E-state index in [4.69, 9.17) is 5.73 Å². The predicted octanol–water partition coefficient (Wildman–Crippen LogP) is 2.68. The molecule has 2 rings (SSSR count). The maximum Gasteiger partial charge on any atom is 0.0741 e. The third-order valence-electron chi connectivity index (χ3n) is 3.61. The maximum atomic E-state index is 10.0. The van der Waals surface area contributed by atoms with Gasteiger partial charge in [-0.2, -0.15) is 0 Å². The number of aryl methyl sites for hydroxylation is 1. The molecule has 0 aliphatic heterocycles. The SMILES string of the molecule is Cc1ccc(NC2CCCCCC2O)cc1N. The minimum Gasteiger partial charge on any atom is -0.398 e. The molecule has 2 atom stereocenters. The van der Waals surface area contributed by atoms with Crippen LogP contribution < -0.4 is 11.1 Å². The summed E-state index contributed by atoms with van der Waals surface area (Å²) in [5, 5.41) is 13.4. The third kappa shape index (κ3) is 3.13. The molecule has 0 bridgehead atoms. The number of anilines is 2. The van der Waals surface area contributed by atoms with E-state index < -0.39 is 0 Å². The summed E-state index contributed by atoms with van der Waals surface area (Å²) in [6.07, 6.45) is 5.25. The van der Waals surface area contributed by atoms with E-state index in [0.717, 1.165) is 36.2 Å². The van der Waals surface area contributed by atoms with Crippen molar-refractivity contribution < 1.29 is 5.11 Å². The lowest BCUT2D eigenvalue weighted by Crippen LogP contribution is -2.32. The summed E-state index contributed by atoms with van der Waals surface area (Å²) in [6.45, 7) is 2.00. The molecule has 1 aromatic carbocycles. The van der Waals surface area contributed by atoms with E-state index in [9.17, 15) is 5.11 Å². The Morgan fingerprint density at radius 2 is 2.00 bits per heavy atom. The van der Waals surface area contributed by atoms with Gasteiger partial charge >= 0.3 is 0 Å². The van der Waals surface area contributed by atoms with E-state index in [2.05, 4.69) is 5.32 Å². The van der Waals surface area contributed by atoms with Crippen molar-refractivity contribution in [2.24, 2.45) is 0 Å². The van der Waals surface area contributed by atoms with Gasteiger partial charge in [-0.1, -0.05) is 25.3 Å². The molecule has 0 heterocycles. The van der Waals surface area contributed by atoms with Crippen LogP contribution in [0.2, 0.25) is 0 Å². The second kappa shape index (κ2) is 5.41. The first-order chi connectivity index (χ1) is 8.16. The number of benzene rings is 1. The van der Waals surface area contributed by atoms with Gasteiger partial charge in [0.2, 0.25) is 0 Å². The highest BCUT2D eigenvalue weighted by Gasteiger charge is 2.21. The lowest BCUT2D eigenvalue weighted by Gasteiger charge is -2.23. The van der Waals surface area contributed by atoms with Crippen LogP contribution in [0.3, 0.4) is 0 Å². The molecule has 1 aliphatic carbocycles. The summed E-state index contributed by atoms with van der Waals surface area (Å²) < 4.78 is 0. The summed E-state index contributed by atoms with van der Waals surface area (Å²) in [6, 6.07) is 6.16. The molecular weight excluding hydrogens is 212 g/mol. The fraction of sp³-hybridized carbons (Fsp3) is 0.571. The van der Waals surface area contributed by atoms with Gasteiger partial charge < -0.3 is 16.2 Å². The zero-order valence-electron chi connectivity index (χ0n) is 10.4. The monoisotopic (exact) mass is 234 g/mol. The number of nitrogens with one attached hydrogen (secondary N) is 1. The van der Waals surface area contributed by atoms with Crippen molar-refractivity contribution in [3.8, 4) is 0 Å². The first-order valence-corrected chi connectivity index (χ1v) is 6.47. The van der Waals surface area contributed by atoms with Crippen LogP contribution in [0.15, 0.2) is 18.2 Å². The molecule has 0 amide bonds. The minimum atomic E-state index is -0.236. The van der Waals surface area contributed by atoms with Gasteiger partial charge in [-0.3, -0.25) is 0 Å². The van der Waals surface area contributed by atoms with Crippen molar-refractivity contribution in [3.05, 3.63) is 23.8 Å². The topological polar surface area (TPSA) is 58.3 Å². The predicted molar refractivity (Wildman–Crippen MR) is 72.1 cm³/mol. The molecule has 0 radical (unpaired) electrons. The lowest BCUT2D eigenvalue weighted by atomic mass is 10.1. The lowest BCUT2D eigenvalue weighted by molar-refractivity contribution is 0.144. The van der Waals surface area contributed by atoms with Crippen LogP contribution >= 0.6 is 0 Å². The quantitative estimate of drug-likeness (QED) is 0.544. The van der Waals surface area contributed by atoms with Gasteiger partial charge in [0.05, 0.1) is 12.1 Å². The van der Waals surface area contributed by atoms with Crippen LogP contribution in [0.1, 0.15) is 37.7 Å². The molecule has 4 N–H and O–H groups in total. The molecule has 94 valence electrons. The summed E-state index contributed by atoms with van der Waals surface area (Å²) in [5.41, 5.74) is 8.80. The highest BCUT2D eigenvalue weighted by atomic mass is 16.3. The molecule has 17 heavy (non-hydrogen) atoms. The van der Waals surface area contributed by atoms with Crippen LogP contribution in [0, 0.1) is 6.92 Å². The van der Waals surface area contributed by atoms with Crippen LogP contribution in [0.5, 0.6) is 0 Å². The van der Waals surface area contributed by atoms with Crippen LogP contribution in [-0.2, 0) is 0 Å². The van der Waals surface area contributed by atoms with E-state index in [-0.39, 0.29) is 12.1 Å². The maximum absolute atomic E-state index is 10.0. The number of hydrogen-bond acceptors (Lipinski definition) is 3. The van der Waals surface area contributed by atoms with Crippen LogP contribution in [0.4, 0.5) is 11.4 Å². The van der Waals surface area contributed by atoms with Crippen molar-refractivity contribution in [2.75, 3.05) is 11.1 Å². The van der Waals surface area contributed by atoms with Gasteiger partial charge in [-0.25, -0.2) is 0 Å². The molecule has 0 saturated heterocycles. The molecule has 1 aliphatic rings. The normalized spacial score (nSPS) is 25.3. The van der Waals surface area contributed by atoms with Crippen molar-refractivity contribution >= 4 is 11.4 Å². The molecule has 3 nitrogen and oxygen atoms in total. The first kappa shape index (κ1) is 12.2. The van der Waals surface area contributed by atoms with Gasteiger partial charge in [-0.05, 0) is 37.5 Å². The molecular formula is C14H22N2O. The average Bonchev–Trinajstić information content (AvgIpc) is 2.50. The molecule has 2 unspecified atom stereocenters. The van der Waals surface area contributed by atoms with Crippen molar-refractivity contribution in [1.29, 1.82) is 0 Å². The molecule has 0 spiro atoms. The number of rotatable bonds is 2. The number of nitrogen functional groups attached to an aromatic ring is 1. The van der Waals surface area contributed by atoms with E-state index >= 15 is 0 Å². The Morgan fingerprint density at radius 1 is 1.24 bits per heavy atom. The Bertz CT molecular complexity index is 378. The smallest absolute Gasteiger partial charge is 0.0741 e. The molecule has 1 fully saturated rings. The van der Waals surface area contributed by atoms with E-state index in [1.54, 1.807) is 0 Å². The van der Waals surface area contributed by atoms with Gasteiger partial charge in [0.25, 0.3) is 0 Å². The third-order valence-corrected chi connectivity index (χ3v) is 3.61. The number of aliphatic hydroxyl groups is 1. The van der Waals surface area contributed by atoms with E-state index in [1.807, 2.05) is 25.1 Å². The summed E-state index contributed by atoms with van der Waals surface area (Å²) >= 11 is 0. The summed E-state index contributed by atoms with van der Waals surface area (Å²) in [5.74, 6) is 0. The zero-order valence-corrected chi connectivity index (χ0v) is 10.4. The van der Waals surface area contributed by atoms with Gasteiger partial charge in [-0.15, -0.1) is 0 Å². The van der Waals surface area contributed by atoms with Crippen LogP contribution in [0.25, 0.3) is 0 Å². The molecule has 3 heteroatoms. The van der Waals surface area contributed by atoms with Gasteiger partial charge in [0.15, 0.2) is 0 Å².